The molecule has 1 aromatic rings. The van der Waals surface area contributed by atoms with E-state index in [0.717, 1.165) is 19.3 Å². The molecule has 1 fully saturated rings. The number of nitrogens with zero attached hydrogens (tertiary/aromatic N) is 1. The number of piperidine rings is 1. The van der Waals surface area contributed by atoms with Crippen LogP contribution in [-0.4, -0.2) is 49.3 Å². The Balaban J connectivity index is 2.03. The van der Waals surface area contributed by atoms with Crippen molar-refractivity contribution in [2.45, 2.75) is 30.6 Å². The maximum atomic E-state index is 12.5. The van der Waals surface area contributed by atoms with Gasteiger partial charge in [-0.15, -0.1) is 0 Å². The number of sulfonamides is 1. The zero-order chi connectivity index (χ0) is 16.9. The second-order valence-electron chi connectivity index (χ2n) is 5.39. The highest BCUT2D eigenvalue weighted by molar-refractivity contribution is 7.89. The topological polar surface area (TPSA) is 104 Å². The minimum atomic E-state index is -3.51. The maximum Gasteiger partial charge on any atom is 0.305 e. The third kappa shape index (κ3) is 4.52. The second kappa shape index (κ2) is 7.56. The molecule has 1 aliphatic heterocycles. The summed E-state index contributed by atoms with van der Waals surface area (Å²) in [6, 6.07) is 5.70. The fourth-order valence-electron chi connectivity index (χ4n) is 2.42. The molecule has 0 bridgehead atoms. The van der Waals surface area contributed by atoms with E-state index in [1.165, 1.54) is 28.6 Å². The van der Waals surface area contributed by atoms with Crippen LogP contribution in [0.15, 0.2) is 29.2 Å². The number of hydrogen-bond acceptors (Lipinski definition) is 4. The van der Waals surface area contributed by atoms with Crippen molar-refractivity contribution >= 4 is 21.9 Å². The Kier molecular flexibility index (Phi) is 5.73. The third-order valence-corrected chi connectivity index (χ3v) is 5.61. The van der Waals surface area contributed by atoms with Gasteiger partial charge in [-0.05, 0) is 37.1 Å². The smallest absolute Gasteiger partial charge is 0.305 e. The minimum absolute atomic E-state index is 0.0298. The number of rotatable bonds is 6. The summed E-state index contributed by atoms with van der Waals surface area (Å²) in [5, 5.41) is 11.0. The van der Waals surface area contributed by atoms with Gasteiger partial charge in [-0.3, -0.25) is 9.59 Å². The summed E-state index contributed by atoms with van der Waals surface area (Å²) in [5.41, 5.74) is 0.299. The van der Waals surface area contributed by atoms with Gasteiger partial charge in [0, 0.05) is 25.2 Å². The Bertz CT molecular complexity index is 664. The molecule has 7 nitrogen and oxygen atoms in total. The summed E-state index contributed by atoms with van der Waals surface area (Å²) in [7, 11) is -3.51. The monoisotopic (exact) mass is 340 g/mol. The molecule has 0 unspecified atom stereocenters. The molecule has 8 heteroatoms. The van der Waals surface area contributed by atoms with Crippen LogP contribution in [0.3, 0.4) is 0 Å². The molecule has 1 heterocycles. The van der Waals surface area contributed by atoms with Crippen LogP contribution in [0.1, 0.15) is 36.0 Å². The van der Waals surface area contributed by atoms with E-state index in [-0.39, 0.29) is 17.9 Å². The summed E-state index contributed by atoms with van der Waals surface area (Å²) < 4.78 is 26.4. The van der Waals surface area contributed by atoms with Gasteiger partial charge < -0.3 is 10.4 Å². The van der Waals surface area contributed by atoms with E-state index in [0.29, 0.717) is 18.7 Å². The van der Waals surface area contributed by atoms with Crippen LogP contribution in [-0.2, 0) is 14.8 Å². The lowest BCUT2D eigenvalue weighted by atomic mass is 10.2. The Morgan fingerprint density at radius 1 is 1.09 bits per heavy atom. The van der Waals surface area contributed by atoms with Crippen molar-refractivity contribution in [2.75, 3.05) is 19.6 Å². The first kappa shape index (κ1) is 17.4. The summed E-state index contributed by atoms with van der Waals surface area (Å²) in [6.07, 6.45) is 2.61. The van der Waals surface area contributed by atoms with Gasteiger partial charge in [0.2, 0.25) is 10.0 Å². The van der Waals surface area contributed by atoms with Gasteiger partial charge in [0.05, 0.1) is 11.3 Å². The van der Waals surface area contributed by atoms with E-state index < -0.39 is 21.9 Å². The van der Waals surface area contributed by atoms with Gasteiger partial charge >= 0.3 is 5.97 Å². The van der Waals surface area contributed by atoms with Crippen LogP contribution < -0.4 is 5.32 Å². The van der Waals surface area contributed by atoms with Crippen LogP contribution >= 0.6 is 0 Å². The molecular formula is C15H20N2O5S. The zero-order valence-electron chi connectivity index (χ0n) is 12.7. The minimum Gasteiger partial charge on any atom is -0.481 e. The highest BCUT2D eigenvalue weighted by Crippen LogP contribution is 2.20. The number of carbonyl (C=O) groups is 2. The van der Waals surface area contributed by atoms with Gasteiger partial charge in [0.25, 0.3) is 5.91 Å². The fourth-order valence-corrected chi connectivity index (χ4v) is 3.93. The highest BCUT2D eigenvalue weighted by atomic mass is 32.2. The SMILES string of the molecule is O=C(O)CCNC(=O)c1ccc(S(=O)(=O)N2CCCCC2)cc1. The number of benzene rings is 1. The number of carboxylic acid groups (broad SMARTS) is 1. The van der Waals surface area contributed by atoms with Gasteiger partial charge in [-0.1, -0.05) is 6.42 Å². The molecule has 1 aliphatic rings. The number of nitrogens with one attached hydrogen (secondary N) is 1. The molecule has 1 aromatic carbocycles. The number of amides is 1. The number of hydrogen-bond donors (Lipinski definition) is 2. The van der Waals surface area contributed by atoms with Crippen LogP contribution in [0.2, 0.25) is 0 Å². The van der Waals surface area contributed by atoms with Gasteiger partial charge in [0.15, 0.2) is 0 Å². The third-order valence-electron chi connectivity index (χ3n) is 3.69. The first-order valence-corrected chi connectivity index (χ1v) is 8.95. The Morgan fingerprint density at radius 3 is 2.26 bits per heavy atom. The average Bonchev–Trinajstić information content (AvgIpc) is 2.55. The second-order valence-corrected chi connectivity index (χ2v) is 7.33. The van der Waals surface area contributed by atoms with Crippen molar-refractivity contribution in [1.82, 2.24) is 9.62 Å². The van der Waals surface area contributed by atoms with Crippen molar-refractivity contribution in [3.8, 4) is 0 Å². The fraction of sp³-hybridized carbons (Fsp3) is 0.467. The Hall–Kier alpha value is -1.93. The van der Waals surface area contributed by atoms with E-state index in [9.17, 15) is 18.0 Å². The number of aliphatic carboxylic acids is 1. The number of carboxylic acids is 1. The van der Waals surface area contributed by atoms with Crippen LogP contribution in [0.5, 0.6) is 0 Å². The van der Waals surface area contributed by atoms with Gasteiger partial charge in [-0.2, -0.15) is 4.31 Å². The summed E-state index contributed by atoms with van der Waals surface area (Å²) in [6.45, 7) is 1.08. The highest BCUT2D eigenvalue weighted by Gasteiger charge is 2.25. The van der Waals surface area contributed by atoms with Crippen molar-refractivity contribution in [2.24, 2.45) is 0 Å². The molecule has 0 aromatic heterocycles. The maximum absolute atomic E-state index is 12.5. The molecular weight excluding hydrogens is 320 g/mol. The molecule has 0 radical (unpaired) electrons. The van der Waals surface area contributed by atoms with Gasteiger partial charge in [0.1, 0.15) is 0 Å². The quantitative estimate of drug-likeness (QED) is 0.806. The summed E-state index contributed by atoms with van der Waals surface area (Å²) in [4.78, 5) is 22.4. The summed E-state index contributed by atoms with van der Waals surface area (Å²) >= 11 is 0. The van der Waals surface area contributed by atoms with E-state index in [4.69, 9.17) is 5.11 Å². The lowest BCUT2D eigenvalue weighted by Crippen LogP contribution is -2.35. The predicted molar refractivity (Wildman–Crippen MR) is 83.6 cm³/mol. The van der Waals surface area contributed by atoms with E-state index in [1.807, 2.05) is 0 Å². The summed E-state index contributed by atoms with van der Waals surface area (Å²) in [5.74, 6) is -1.42. The molecule has 2 N–H and O–H groups in total. The van der Waals surface area contributed by atoms with E-state index in [1.54, 1.807) is 0 Å². The van der Waals surface area contributed by atoms with E-state index in [2.05, 4.69) is 5.32 Å². The average molecular weight is 340 g/mol. The lowest BCUT2D eigenvalue weighted by molar-refractivity contribution is -0.136. The van der Waals surface area contributed by atoms with Crippen molar-refractivity contribution < 1.29 is 23.1 Å². The molecule has 1 saturated heterocycles. The first-order chi connectivity index (χ1) is 10.9. The van der Waals surface area contributed by atoms with Crippen LogP contribution in [0.25, 0.3) is 0 Å². The van der Waals surface area contributed by atoms with Crippen molar-refractivity contribution in [3.63, 3.8) is 0 Å². The van der Waals surface area contributed by atoms with Crippen LogP contribution in [0.4, 0.5) is 0 Å². The number of carbonyl (C=O) groups excluding carboxylic acids is 1. The molecule has 1 amide bonds. The molecule has 126 valence electrons. The molecule has 23 heavy (non-hydrogen) atoms. The molecule has 0 spiro atoms. The largest absolute Gasteiger partial charge is 0.481 e. The first-order valence-electron chi connectivity index (χ1n) is 7.51. The molecule has 0 atom stereocenters. The molecule has 0 saturated carbocycles. The normalized spacial score (nSPS) is 16.0. The van der Waals surface area contributed by atoms with Crippen molar-refractivity contribution in [1.29, 1.82) is 0 Å². The zero-order valence-corrected chi connectivity index (χ0v) is 13.5. The standard InChI is InChI=1S/C15H20N2O5S/c18-14(19)8-9-16-15(20)12-4-6-13(7-5-12)23(21,22)17-10-2-1-3-11-17/h4-7H,1-3,8-11H2,(H,16,20)(H,18,19). The Morgan fingerprint density at radius 2 is 1.70 bits per heavy atom. The van der Waals surface area contributed by atoms with Gasteiger partial charge in [-0.25, -0.2) is 8.42 Å². The predicted octanol–water partition coefficient (Wildman–Crippen LogP) is 1.07. The van der Waals surface area contributed by atoms with E-state index >= 15 is 0 Å². The van der Waals surface area contributed by atoms with Crippen LogP contribution in [0, 0.1) is 0 Å². The molecule has 0 aliphatic carbocycles. The Labute approximate surface area is 135 Å². The lowest BCUT2D eigenvalue weighted by Gasteiger charge is -2.25. The van der Waals surface area contributed by atoms with Crippen molar-refractivity contribution in [3.05, 3.63) is 29.8 Å². The molecule has 2 rings (SSSR count).